The van der Waals surface area contributed by atoms with Gasteiger partial charge in [0.05, 0.1) is 13.6 Å². The molecule has 0 unspecified atom stereocenters. The third-order valence-corrected chi connectivity index (χ3v) is 20.2. The summed E-state index contributed by atoms with van der Waals surface area (Å²) in [5, 5.41) is 15.6. The summed E-state index contributed by atoms with van der Waals surface area (Å²) in [6.07, 6.45) is 7.58. The quantitative estimate of drug-likeness (QED) is 0.0463. The summed E-state index contributed by atoms with van der Waals surface area (Å²) >= 11 is 1.84. The molecule has 7 heteroatoms. The first-order chi connectivity index (χ1) is 27.1. The fraction of sp³-hybridized carbons (Fsp3) is 0.558. The van der Waals surface area contributed by atoms with Gasteiger partial charge in [0.15, 0.2) is 5.78 Å². The SMILES string of the molecule is CC(C)C[Si](CC(C)C)(CC(C)C)c1cc(-c2ncnc3c2sc2cc(CC(C)(C)C)ccc23)[c-]c2ccccc12.CCC(C)(CC)C(=O)/C=C(\O)C(C)(CC)CC.[Ir]. The zero-order valence-corrected chi connectivity index (χ0v) is 43.4. The smallest absolute Gasteiger partial charge is 0.164 e. The summed E-state index contributed by atoms with van der Waals surface area (Å²) in [6, 6.07) is 26.2. The number of hydrogen-bond acceptors (Lipinski definition) is 5. The standard InChI is InChI=1S/C37H47N2SSi.C15H28O2.Ir/c1-24(2)20-41(21-25(3)4,22-26(5)6)33-18-29(17-28-12-10-11-13-30(28)33)34-36-35(39-23-38-34)31-15-14-27(16-32(31)40-36)19-37(7,8)9;1-7-14(5,8-2)12(16)11-13(17)15(6,9-3)10-4;/h10-16,18,23-26H,19-22H2,1-9H3;11,16H,7-10H2,1-6H3;/q-1;;/b;12-11-;. The van der Waals surface area contributed by atoms with Gasteiger partial charge in [0.2, 0.25) is 0 Å². The monoisotopic (exact) mass is 1010 g/mol. The molecule has 325 valence electrons. The molecule has 0 fully saturated rings. The number of benzene rings is 3. The molecule has 1 radical (unpaired) electrons. The molecule has 5 aromatic rings. The van der Waals surface area contributed by atoms with Crippen molar-refractivity contribution in [2.75, 3.05) is 0 Å². The molecule has 0 aliphatic carbocycles. The second-order valence-electron chi connectivity index (χ2n) is 20.2. The topological polar surface area (TPSA) is 63.1 Å². The molecule has 1 N–H and O–H groups in total. The van der Waals surface area contributed by atoms with E-state index in [1.807, 2.05) is 52.9 Å². The van der Waals surface area contributed by atoms with E-state index >= 15 is 0 Å². The number of rotatable bonds is 16. The Morgan fingerprint density at radius 2 is 1.34 bits per heavy atom. The number of fused-ring (bicyclic) bond motifs is 4. The molecule has 2 heterocycles. The molecule has 0 aliphatic heterocycles. The molecule has 2 aromatic heterocycles. The number of hydrogen-bond donors (Lipinski definition) is 1. The van der Waals surface area contributed by atoms with E-state index in [0.717, 1.165) is 48.9 Å². The van der Waals surface area contributed by atoms with Crippen LogP contribution in [0.4, 0.5) is 0 Å². The predicted octanol–water partition coefficient (Wildman–Crippen LogP) is 15.3. The van der Waals surface area contributed by atoms with Crippen LogP contribution in [0, 0.1) is 40.1 Å². The molecule has 0 spiro atoms. The summed E-state index contributed by atoms with van der Waals surface area (Å²) in [5.41, 5.74) is 4.26. The number of nitrogens with zero attached hydrogens (tertiary/aromatic N) is 2. The summed E-state index contributed by atoms with van der Waals surface area (Å²) in [6.45, 7) is 33.5. The van der Waals surface area contributed by atoms with Crippen LogP contribution in [-0.4, -0.2) is 28.9 Å². The van der Waals surface area contributed by atoms with Crippen molar-refractivity contribution in [1.29, 1.82) is 0 Å². The molecule has 0 bridgehead atoms. The maximum atomic E-state index is 12.2. The Balaban J connectivity index is 0.000000439. The van der Waals surface area contributed by atoms with Gasteiger partial charge in [-0.3, -0.25) is 9.78 Å². The van der Waals surface area contributed by atoms with E-state index in [1.165, 1.54) is 55.3 Å². The van der Waals surface area contributed by atoms with Gasteiger partial charge in [0.25, 0.3) is 0 Å². The summed E-state index contributed by atoms with van der Waals surface area (Å²) in [7, 11) is -1.88. The Labute approximate surface area is 376 Å². The molecule has 59 heavy (non-hydrogen) atoms. The first kappa shape index (κ1) is 50.7. The largest absolute Gasteiger partial charge is 0.512 e. The number of allylic oxidation sites excluding steroid dienone is 2. The Hall–Kier alpha value is -2.70. The molecular weight excluding hydrogens is 937 g/mol. The van der Waals surface area contributed by atoms with E-state index in [4.69, 9.17) is 9.97 Å². The van der Waals surface area contributed by atoms with Gasteiger partial charge >= 0.3 is 0 Å². The molecule has 0 saturated heterocycles. The van der Waals surface area contributed by atoms with E-state index in [-0.39, 0.29) is 47.9 Å². The van der Waals surface area contributed by atoms with Gasteiger partial charge in [-0.1, -0.05) is 163 Å². The van der Waals surface area contributed by atoms with E-state index < -0.39 is 8.07 Å². The van der Waals surface area contributed by atoms with Crippen LogP contribution in [0.3, 0.4) is 0 Å². The van der Waals surface area contributed by atoms with Gasteiger partial charge in [-0.05, 0) is 66.9 Å². The molecule has 0 aliphatic rings. The minimum Gasteiger partial charge on any atom is -0.512 e. The average Bonchev–Trinajstić information content (AvgIpc) is 3.53. The van der Waals surface area contributed by atoms with Crippen molar-refractivity contribution in [3.8, 4) is 11.3 Å². The number of thiophene rings is 1. The van der Waals surface area contributed by atoms with Crippen LogP contribution in [-0.2, 0) is 31.3 Å². The van der Waals surface area contributed by atoms with Gasteiger partial charge < -0.3 is 5.11 Å². The number of carbonyl (C=O) groups excluding carboxylic acids is 1. The van der Waals surface area contributed by atoms with Crippen LogP contribution in [0.5, 0.6) is 0 Å². The van der Waals surface area contributed by atoms with Crippen LogP contribution < -0.4 is 5.19 Å². The Bertz CT molecular complexity index is 2160. The third kappa shape index (κ3) is 12.2. The van der Waals surface area contributed by atoms with Gasteiger partial charge in [0, 0.05) is 57.5 Å². The second-order valence-corrected chi connectivity index (χ2v) is 25.6. The molecule has 3 aromatic carbocycles. The Kier molecular flexibility index (Phi) is 18.0. The molecule has 4 nitrogen and oxygen atoms in total. The first-order valence-electron chi connectivity index (χ1n) is 22.2. The van der Waals surface area contributed by atoms with Gasteiger partial charge in [0.1, 0.15) is 12.1 Å². The third-order valence-electron chi connectivity index (χ3n) is 12.7. The summed E-state index contributed by atoms with van der Waals surface area (Å²) in [5.74, 6) is 2.29. The van der Waals surface area contributed by atoms with E-state index in [9.17, 15) is 9.90 Å². The Morgan fingerprint density at radius 3 is 1.86 bits per heavy atom. The normalized spacial score (nSPS) is 13.1. The Morgan fingerprint density at radius 1 is 0.780 bits per heavy atom. The number of aromatic nitrogens is 2. The van der Waals surface area contributed by atoms with Crippen LogP contribution in [0.15, 0.2) is 66.7 Å². The predicted molar refractivity (Wildman–Crippen MR) is 257 cm³/mol. The fourth-order valence-electron chi connectivity index (χ4n) is 8.94. The zero-order chi connectivity index (χ0) is 43.2. The van der Waals surface area contributed by atoms with Crippen LogP contribution in [0.1, 0.15) is 135 Å². The summed E-state index contributed by atoms with van der Waals surface area (Å²) < 4.78 is 2.48. The number of ketones is 1. The average molecular weight is 1010 g/mol. The molecule has 0 atom stereocenters. The molecular formula is C52H75IrN2O2SSi-. The number of carbonyl (C=O) groups is 1. The van der Waals surface area contributed by atoms with Crippen molar-refractivity contribution in [3.05, 3.63) is 78.3 Å². The molecule has 5 rings (SSSR count). The zero-order valence-electron chi connectivity index (χ0n) is 39.2. The van der Waals surface area contributed by atoms with Crippen molar-refractivity contribution < 1.29 is 30.0 Å². The van der Waals surface area contributed by atoms with Crippen LogP contribution in [0.2, 0.25) is 18.1 Å². The van der Waals surface area contributed by atoms with Crippen molar-refractivity contribution in [2.24, 2.45) is 34.0 Å². The van der Waals surface area contributed by atoms with Crippen molar-refractivity contribution >= 4 is 61.5 Å². The molecule has 0 saturated carbocycles. The van der Waals surface area contributed by atoms with Crippen molar-refractivity contribution in [2.45, 2.75) is 154 Å². The first-order valence-corrected chi connectivity index (χ1v) is 25.7. The van der Waals surface area contributed by atoms with Crippen LogP contribution >= 0.6 is 11.3 Å². The van der Waals surface area contributed by atoms with Crippen molar-refractivity contribution in [3.63, 3.8) is 0 Å². The fourth-order valence-corrected chi connectivity index (χ4v) is 17.2. The van der Waals surface area contributed by atoms with E-state index in [2.05, 4.69) is 117 Å². The van der Waals surface area contributed by atoms with Crippen LogP contribution in [0.25, 0.3) is 42.3 Å². The number of aliphatic hydroxyl groups is 1. The van der Waals surface area contributed by atoms with Crippen molar-refractivity contribution in [1.82, 2.24) is 9.97 Å². The van der Waals surface area contributed by atoms with Gasteiger partial charge in [-0.25, -0.2) is 4.98 Å². The summed E-state index contributed by atoms with van der Waals surface area (Å²) in [4.78, 5) is 21.9. The minimum atomic E-state index is -1.88. The maximum absolute atomic E-state index is 12.2. The van der Waals surface area contributed by atoms with Gasteiger partial charge in [-0.15, -0.1) is 40.1 Å². The van der Waals surface area contributed by atoms with Gasteiger partial charge in [-0.2, -0.15) is 0 Å². The number of aliphatic hydroxyl groups excluding tert-OH is 1. The maximum Gasteiger partial charge on any atom is 0.164 e. The van der Waals surface area contributed by atoms with E-state index in [0.29, 0.717) is 17.8 Å². The molecule has 0 amide bonds. The van der Waals surface area contributed by atoms with E-state index in [1.54, 1.807) is 11.5 Å². The minimum absolute atomic E-state index is 0. The second kappa shape index (κ2) is 20.9.